The molecule has 0 aliphatic carbocycles. The largest absolute Gasteiger partial charge is 0.467 e. The molecule has 19 heavy (non-hydrogen) atoms. The molecular formula is C14H16N2O3. The van der Waals surface area contributed by atoms with E-state index >= 15 is 0 Å². The highest BCUT2D eigenvalue weighted by atomic mass is 16.5. The van der Waals surface area contributed by atoms with E-state index in [1.54, 1.807) is 18.4 Å². The van der Waals surface area contributed by atoms with E-state index in [-0.39, 0.29) is 0 Å². The SMILES string of the molecule is COC(=O)c1cc(N(C)Cc2ccco2)ccc1N. The van der Waals surface area contributed by atoms with Gasteiger partial charge in [-0.25, -0.2) is 4.79 Å². The third-order valence-corrected chi connectivity index (χ3v) is 2.86. The molecule has 0 saturated heterocycles. The molecule has 0 aliphatic rings. The summed E-state index contributed by atoms with van der Waals surface area (Å²) in [7, 11) is 3.25. The molecule has 0 bridgehead atoms. The van der Waals surface area contributed by atoms with Gasteiger partial charge >= 0.3 is 5.97 Å². The molecule has 0 atom stereocenters. The summed E-state index contributed by atoms with van der Waals surface area (Å²) in [6.45, 7) is 0.609. The fourth-order valence-corrected chi connectivity index (χ4v) is 1.80. The van der Waals surface area contributed by atoms with E-state index in [2.05, 4.69) is 0 Å². The second-order valence-corrected chi connectivity index (χ2v) is 4.20. The van der Waals surface area contributed by atoms with Crippen LogP contribution in [0, 0.1) is 0 Å². The zero-order chi connectivity index (χ0) is 13.8. The Bertz CT molecular complexity index is 564. The number of benzene rings is 1. The molecule has 5 nitrogen and oxygen atoms in total. The molecule has 0 unspecified atom stereocenters. The molecule has 2 N–H and O–H groups in total. The summed E-state index contributed by atoms with van der Waals surface area (Å²) in [6.07, 6.45) is 1.63. The van der Waals surface area contributed by atoms with Crippen molar-refractivity contribution in [3.8, 4) is 0 Å². The van der Waals surface area contributed by atoms with E-state index in [9.17, 15) is 4.79 Å². The molecule has 2 rings (SSSR count). The summed E-state index contributed by atoms with van der Waals surface area (Å²) in [4.78, 5) is 13.5. The maximum Gasteiger partial charge on any atom is 0.340 e. The lowest BCUT2D eigenvalue weighted by atomic mass is 10.1. The highest BCUT2D eigenvalue weighted by molar-refractivity contribution is 5.96. The van der Waals surface area contributed by atoms with Crippen LogP contribution in [0.4, 0.5) is 11.4 Å². The Kier molecular flexibility index (Phi) is 3.75. The van der Waals surface area contributed by atoms with Gasteiger partial charge in [0.15, 0.2) is 0 Å². The Labute approximate surface area is 111 Å². The van der Waals surface area contributed by atoms with Crippen molar-refractivity contribution in [2.75, 3.05) is 24.8 Å². The van der Waals surface area contributed by atoms with E-state index in [0.29, 0.717) is 17.8 Å². The van der Waals surface area contributed by atoms with Crippen molar-refractivity contribution in [3.63, 3.8) is 0 Å². The van der Waals surface area contributed by atoms with Crippen LogP contribution < -0.4 is 10.6 Å². The van der Waals surface area contributed by atoms with Crippen molar-refractivity contribution in [2.24, 2.45) is 0 Å². The van der Waals surface area contributed by atoms with Gasteiger partial charge < -0.3 is 19.8 Å². The van der Waals surface area contributed by atoms with E-state index in [1.165, 1.54) is 7.11 Å². The minimum absolute atomic E-state index is 0.367. The van der Waals surface area contributed by atoms with Crippen LogP contribution in [0.25, 0.3) is 0 Å². The molecule has 100 valence electrons. The molecule has 1 aromatic heterocycles. The van der Waals surface area contributed by atoms with Gasteiger partial charge in [-0.15, -0.1) is 0 Å². The molecule has 1 aromatic carbocycles. The summed E-state index contributed by atoms with van der Waals surface area (Å²) in [6, 6.07) is 9.00. The monoisotopic (exact) mass is 260 g/mol. The van der Waals surface area contributed by atoms with Crippen molar-refractivity contribution in [1.29, 1.82) is 0 Å². The summed E-state index contributed by atoms with van der Waals surface area (Å²) in [5.74, 6) is 0.407. The first-order valence-corrected chi connectivity index (χ1v) is 5.83. The Hall–Kier alpha value is -2.43. The molecule has 0 spiro atoms. The molecule has 0 radical (unpaired) electrons. The third-order valence-electron chi connectivity index (χ3n) is 2.86. The number of hydrogen-bond donors (Lipinski definition) is 1. The summed E-state index contributed by atoms with van der Waals surface area (Å²) < 4.78 is 9.99. The molecule has 0 fully saturated rings. The quantitative estimate of drug-likeness (QED) is 0.674. The number of hydrogen-bond acceptors (Lipinski definition) is 5. The molecule has 0 saturated carbocycles. The molecule has 1 heterocycles. The number of furan rings is 1. The molecular weight excluding hydrogens is 244 g/mol. The Morgan fingerprint density at radius 1 is 1.42 bits per heavy atom. The highest BCUT2D eigenvalue weighted by Crippen LogP contribution is 2.22. The average molecular weight is 260 g/mol. The Morgan fingerprint density at radius 3 is 2.84 bits per heavy atom. The molecule has 2 aromatic rings. The first-order valence-electron chi connectivity index (χ1n) is 5.83. The van der Waals surface area contributed by atoms with Crippen molar-refractivity contribution in [3.05, 3.63) is 47.9 Å². The van der Waals surface area contributed by atoms with Gasteiger partial charge in [0.05, 0.1) is 25.5 Å². The lowest BCUT2D eigenvalue weighted by molar-refractivity contribution is 0.0602. The predicted octanol–water partition coefficient (Wildman–Crippen LogP) is 2.28. The minimum Gasteiger partial charge on any atom is -0.467 e. The zero-order valence-corrected chi connectivity index (χ0v) is 10.9. The van der Waals surface area contributed by atoms with Gasteiger partial charge in [-0.1, -0.05) is 0 Å². The number of anilines is 2. The fraction of sp³-hybridized carbons (Fsp3) is 0.214. The highest BCUT2D eigenvalue weighted by Gasteiger charge is 2.13. The lowest BCUT2D eigenvalue weighted by Crippen LogP contribution is -2.17. The van der Waals surface area contributed by atoms with Gasteiger partial charge in [0.2, 0.25) is 0 Å². The minimum atomic E-state index is -0.439. The van der Waals surface area contributed by atoms with E-state index in [4.69, 9.17) is 14.9 Å². The normalized spacial score (nSPS) is 10.2. The van der Waals surface area contributed by atoms with Gasteiger partial charge in [-0.05, 0) is 30.3 Å². The van der Waals surface area contributed by atoms with Gasteiger partial charge in [0, 0.05) is 18.4 Å². The second kappa shape index (κ2) is 5.48. The summed E-state index contributed by atoms with van der Waals surface area (Å²) >= 11 is 0. The van der Waals surface area contributed by atoms with E-state index in [0.717, 1.165) is 11.4 Å². The Balaban J connectivity index is 2.22. The van der Waals surface area contributed by atoms with Crippen LogP contribution >= 0.6 is 0 Å². The van der Waals surface area contributed by atoms with Crippen LogP contribution in [-0.4, -0.2) is 20.1 Å². The molecule has 0 amide bonds. The topological polar surface area (TPSA) is 68.7 Å². The smallest absolute Gasteiger partial charge is 0.340 e. The van der Waals surface area contributed by atoms with Crippen LogP contribution in [0.5, 0.6) is 0 Å². The number of rotatable bonds is 4. The number of nitrogens with two attached hydrogens (primary N) is 1. The fourth-order valence-electron chi connectivity index (χ4n) is 1.80. The van der Waals surface area contributed by atoms with Crippen LogP contribution in [0.15, 0.2) is 41.0 Å². The summed E-state index contributed by atoms with van der Waals surface area (Å²) in [5.41, 5.74) is 7.40. The number of esters is 1. The van der Waals surface area contributed by atoms with Crippen molar-refractivity contribution in [1.82, 2.24) is 0 Å². The number of methoxy groups -OCH3 is 1. The molecule has 0 aliphatic heterocycles. The second-order valence-electron chi connectivity index (χ2n) is 4.20. The third kappa shape index (κ3) is 2.88. The van der Waals surface area contributed by atoms with Crippen molar-refractivity contribution >= 4 is 17.3 Å². The molecule has 5 heteroatoms. The standard InChI is InChI=1S/C14H16N2O3/c1-16(9-11-4-3-7-19-11)10-5-6-13(15)12(8-10)14(17)18-2/h3-8H,9,15H2,1-2H3. The number of carbonyl (C=O) groups is 1. The van der Waals surface area contributed by atoms with E-state index < -0.39 is 5.97 Å². The number of nitrogens with zero attached hydrogens (tertiary/aromatic N) is 1. The number of nitrogen functional groups attached to an aromatic ring is 1. The van der Waals surface area contributed by atoms with Crippen LogP contribution in [0.3, 0.4) is 0 Å². The maximum absolute atomic E-state index is 11.6. The average Bonchev–Trinajstić information content (AvgIpc) is 2.91. The lowest BCUT2D eigenvalue weighted by Gasteiger charge is -2.19. The van der Waals surface area contributed by atoms with Crippen LogP contribution in [0.1, 0.15) is 16.1 Å². The van der Waals surface area contributed by atoms with Gasteiger partial charge in [0.1, 0.15) is 5.76 Å². The first-order chi connectivity index (χ1) is 9.11. The van der Waals surface area contributed by atoms with Gasteiger partial charge in [-0.2, -0.15) is 0 Å². The van der Waals surface area contributed by atoms with E-state index in [1.807, 2.05) is 30.1 Å². The first kappa shape index (κ1) is 13.0. The van der Waals surface area contributed by atoms with Crippen LogP contribution in [0.2, 0.25) is 0 Å². The van der Waals surface area contributed by atoms with Crippen molar-refractivity contribution in [2.45, 2.75) is 6.54 Å². The van der Waals surface area contributed by atoms with Gasteiger partial charge in [0.25, 0.3) is 0 Å². The van der Waals surface area contributed by atoms with Crippen molar-refractivity contribution < 1.29 is 13.9 Å². The predicted molar refractivity (Wildman–Crippen MR) is 73.0 cm³/mol. The Morgan fingerprint density at radius 2 is 2.21 bits per heavy atom. The summed E-state index contributed by atoms with van der Waals surface area (Å²) in [5, 5.41) is 0. The zero-order valence-electron chi connectivity index (χ0n) is 10.9. The maximum atomic E-state index is 11.6. The number of ether oxygens (including phenoxy) is 1. The van der Waals surface area contributed by atoms with Crippen LogP contribution in [-0.2, 0) is 11.3 Å². The number of carbonyl (C=O) groups excluding carboxylic acids is 1. The van der Waals surface area contributed by atoms with Gasteiger partial charge in [-0.3, -0.25) is 0 Å².